The summed E-state index contributed by atoms with van der Waals surface area (Å²) in [5.74, 6) is -0.0930. The maximum Gasteiger partial charge on any atom is 0.265 e. The molecule has 1 fully saturated rings. The van der Waals surface area contributed by atoms with E-state index in [2.05, 4.69) is 33.5 Å². The number of ether oxygens (including phenoxy) is 1. The summed E-state index contributed by atoms with van der Waals surface area (Å²) in [6.07, 6.45) is 9.36. The Morgan fingerprint density at radius 3 is 2.39 bits per heavy atom. The molecule has 0 saturated carbocycles. The van der Waals surface area contributed by atoms with E-state index in [0.717, 1.165) is 13.1 Å². The van der Waals surface area contributed by atoms with Gasteiger partial charge in [0.2, 0.25) is 0 Å². The normalized spacial score (nSPS) is 14.4. The van der Waals surface area contributed by atoms with Gasteiger partial charge in [0.05, 0.1) is 29.2 Å². The van der Waals surface area contributed by atoms with E-state index < -0.39 is 0 Å². The number of halogens is 1. The number of carbonyl (C=O) groups is 1. The number of hydrogen-bond acceptors (Lipinski definition) is 7. The second kappa shape index (κ2) is 14.6. The third-order valence-electron chi connectivity index (χ3n) is 3.94. The average Bonchev–Trinajstić information content (AvgIpc) is 2.72. The van der Waals surface area contributed by atoms with Gasteiger partial charge in [0.25, 0.3) is 5.91 Å². The van der Waals surface area contributed by atoms with Crippen LogP contribution >= 0.6 is 0 Å². The first-order valence-electron chi connectivity index (χ1n) is 9.65. The number of hydrogen-bond donors (Lipinski definition) is 4. The molecule has 1 heterocycles. The van der Waals surface area contributed by atoms with E-state index in [9.17, 15) is 9.18 Å². The Hall–Kier alpha value is -3.38. The second-order valence-corrected chi connectivity index (χ2v) is 6.74. The Labute approximate surface area is 184 Å². The highest BCUT2D eigenvalue weighted by Gasteiger charge is 2.20. The third-order valence-corrected chi connectivity index (χ3v) is 3.94. The number of terminal acetylenes is 1. The highest BCUT2D eigenvalue weighted by atomic mass is 19.1. The first-order chi connectivity index (χ1) is 14.7. The van der Waals surface area contributed by atoms with Crippen LogP contribution in [0.15, 0.2) is 40.1 Å². The zero-order valence-electron chi connectivity index (χ0n) is 18.8. The summed E-state index contributed by atoms with van der Waals surface area (Å²) in [6.45, 7) is 8.81. The quantitative estimate of drug-likeness (QED) is 0.310. The minimum absolute atomic E-state index is 0.00843. The fourth-order valence-corrected chi connectivity index (χ4v) is 2.13. The van der Waals surface area contributed by atoms with Crippen molar-refractivity contribution < 1.29 is 13.9 Å². The molecule has 170 valence electrons. The standard InChI is InChI=1S/C11H19N5O.C9H12FNO.C2H2/c1-7(13-3)10(4-12)15-8(2)11(17)16-9-5-14-6-9;1-6(2)12-9-5-7(10)3-4-8(9)11;1-2/h4,9,14H,5-6,12H2,1-3H3,(H,16,17);3-6H,11H2,1-2H3;1-2H/b10-4+,13-7?,15-8?;;. The molecule has 0 atom stereocenters. The Morgan fingerprint density at radius 2 is 1.94 bits per heavy atom. The summed E-state index contributed by atoms with van der Waals surface area (Å²) in [7, 11) is 1.66. The van der Waals surface area contributed by atoms with Gasteiger partial charge in [-0.05, 0) is 39.8 Å². The molecule has 1 aliphatic rings. The SMILES string of the molecule is C#C.CC(C)Oc1cc(F)ccc1N.CN=C(C)/C(=C\N)N=C(C)C(=O)NC1CNC1. The lowest BCUT2D eigenvalue weighted by Gasteiger charge is -2.27. The Bertz CT molecular complexity index is 827. The number of allylic oxidation sites excluding steroid dienone is 1. The minimum Gasteiger partial charge on any atom is -0.489 e. The van der Waals surface area contributed by atoms with Crippen LogP contribution in [0.25, 0.3) is 0 Å². The summed E-state index contributed by atoms with van der Waals surface area (Å²) in [5, 5.41) is 5.94. The van der Waals surface area contributed by atoms with E-state index >= 15 is 0 Å². The van der Waals surface area contributed by atoms with Gasteiger partial charge < -0.3 is 26.8 Å². The van der Waals surface area contributed by atoms with E-state index in [0.29, 0.717) is 28.6 Å². The van der Waals surface area contributed by atoms with Crippen LogP contribution < -0.4 is 26.8 Å². The molecule has 2 rings (SSSR count). The van der Waals surface area contributed by atoms with Crippen LogP contribution in [0.5, 0.6) is 5.75 Å². The number of nitrogens with one attached hydrogen (secondary N) is 2. The predicted molar refractivity (Wildman–Crippen MR) is 126 cm³/mol. The van der Waals surface area contributed by atoms with Gasteiger partial charge in [0.15, 0.2) is 0 Å². The molecule has 0 aliphatic carbocycles. The molecule has 0 unspecified atom stereocenters. The van der Waals surface area contributed by atoms with Gasteiger partial charge in [-0.2, -0.15) is 0 Å². The molecule has 1 amide bonds. The first-order valence-corrected chi connectivity index (χ1v) is 9.65. The lowest BCUT2D eigenvalue weighted by Crippen LogP contribution is -2.57. The van der Waals surface area contributed by atoms with Crippen LogP contribution in [0.4, 0.5) is 10.1 Å². The molecule has 0 radical (unpaired) electrons. The fraction of sp³-hybridized carbons (Fsp3) is 0.409. The number of amides is 1. The van der Waals surface area contributed by atoms with E-state index in [-0.39, 0.29) is 23.9 Å². The van der Waals surface area contributed by atoms with Gasteiger partial charge in [0.1, 0.15) is 17.3 Å². The van der Waals surface area contributed by atoms with Crippen LogP contribution in [-0.4, -0.2) is 49.6 Å². The summed E-state index contributed by atoms with van der Waals surface area (Å²) in [6, 6.07) is 4.30. The number of rotatable bonds is 6. The van der Waals surface area contributed by atoms with Crippen LogP contribution in [0.1, 0.15) is 27.7 Å². The largest absolute Gasteiger partial charge is 0.489 e. The summed E-state index contributed by atoms with van der Waals surface area (Å²) < 4.78 is 17.9. The van der Waals surface area contributed by atoms with Crippen molar-refractivity contribution in [2.75, 3.05) is 25.9 Å². The molecular weight excluding hydrogens is 399 g/mol. The number of nitrogens with two attached hydrogens (primary N) is 2. The predicted octanol–water partition coefficient (Wildman–Crippen LogP) is 1.87. The van der Waals surface area contributed by atoms with Crippen LogP contribution in [0.3, 0.4) is 0 Å². The summed E-state index contributed by atoms with van der Waals surface area (Å²) in [4.78, 5) is 19.9. The molecule has 0 bridgehead atoms. The van der Waals surface area contributed by atoms with Crippen molar-refractivity contribution in [2.24, 2.45) is 15.7 Å². The van der Waals surface area contributed by atoms with Crippen molar-refractivity contribution in [2.45, 2.75) is 39.8 Å². The topological polar surface area (TPSA) is 127 Å². The Kier molecular flexibility index (Phi) is 13.0. The van der Waals surface area contributed by atoms with Crippen LogP contribution in [0.2, 0.25) is 0 Å². The van der Waals surface area contributed by atoms with Gasteiger partial charge in [-0.15, -0.1) is 12.8 Å². The molecule has 0 spiro atoms. The zero-order valence-corrected chi connectivity index (χ0v) is 18.8. The van der Waals surface area contributed by atoms with Crippen molar-refractivity contribution in [3.63, 3.8) is 0 Å². The minimum atomic E-state index is -0.333. The van der Waals surface area contributed by atoms with Crippen molar-refractivity contribution in [1.29, 1.82) is 0 Å². The van der Waals surface area contributed by atoms with Gasteiger partial charge in [-0.3, -0.25) is 9.79 Å². The fourth-order valence-electron chi connectivity index (χ4n) is 2.13. The molecule has 8 nitrogen and oxygen atoms in total. The smallest absolute Gasteiger partial charge is 0.265 e. The van der Waals surface area contributed by atoms with E-state index in [1.54, 1.807) is 20.9 Å². The lowest BCUT2D eigenvalue weighted by atomic mass is 10.2. The molecule has 0 aromatic heterocycles. The molecule has 6 N–H and O–H groups in total. The maximum atomic E-state index is 12.7. The Morgan fingerprint density at radius 1 is 1.32 bits per heavy atom. The highest BCUT2D eigenvalue weighted by Crippen LogP contribution is 2.22. The lowest BCUT2D eigenvalue weighted by molar-refractivity contribution is -0.115. The molecule has 31 heavy (non-hydrogen) atoms. The Balaban J connectivity index is 0.000000564. The molecular formula is C22H33FN6O2. The third kappa shape index (κ3) is 10.3. The average molecular weight is 433 g/mol. The number of nitrogens with zero attached hydrogens (tertiary/aromatic N) is 2. The van der Waals surface area contributed by atoms with Crippen molar-refractivity contribution in [1.82, 2.24) is 10.6 Å². The van der Waals surface area contributed by atoms with Crippen LogP contribution in [0, 0.1) is 18.7 Å². The van der Waals surface area contributed by atoms with E-state index in [4.69, 9.17) is 16.2 Å². The van der Waals surface area contributed by atoms with Crippen molar-refractivity contribution in [3.05, 3.63) is 35.9 Å². The molecule has 9 heteroatoms. The summed E-state index contributed by atoms with van der Waals surface area (Å²) in [5.41, 5.74) is 13.1. The van der Waals surface area contributed by atoms with Crippen molar-refractivity contribution >= 4 is 23.0 Å². The summed E-state index contributed by atoms with van der Waals surface area (Å²) >= 11 is 0. The molecule has 1 aromatic carbocycles. The van der Waals surface area contributed by atoms with Gasteiger partial charge in [-0.1, -0.05) is 0 Å². The number of carbonyl (C=O) groups excluding carboxylic acids is 1. The monoisotopic (exact) mass is 432 g/mol. The number of aliphatic imine (C=N–C) groups is 2. The van der Waals surface area contributed by atoms with Gasteiger partial charge >= 0.3 is 0 Å². The molecule has 1 saturated heterocycles. The maximum absolute atomic E-state index is 12.7. The number of nitrogen functional groups attached to an aromatic ring is 1. The zero-order chi connectivity index (χ0) is 24.0. The van der Waals surface area contributed by atoms with Gasteiger partial charge in [-0.25, -0.2) is 9.38 Å². The highest BCUT2D eigenvalue weighted by molar-refractivity contribution is 6.38. The van der Waals surface area contributed by atoms with E-state index in [1.165, 1.54) is 24.4 Å². The molecule has 1 aliphatic heterocycles. The second-order valence-electron chi connectivity index (χ2n) is 6.74. The number of benzene rings is 1. The van der Waals surface area contributed by atoms with E-state index in [1.807, 2.05) is 13.8 Å². The van der Waals surface area contributed by atoms with Crippen molar-refractivity contribution in [3.8, 4) is 18.6 Å². The first kappa shape index (κ1) is 27.6. The van der Waals surface area contributed by atoms with Crippen LogP contribution in [-0.2, 0) is 4.79 Å². The number of anilines is 1. The molecule has 1 aromatic rings. The van der Waals surface area contributed by atoms with Gasteiger partial charge in [0, 0.05) is 32.4 Å².